The van der Waals surface area contributed by atoms with Crippen LogP contribution in [0, 0.1) is 17.0 Å². The SMILES string of the molecule is Cc1ccccc1C(Cc1c(Cl)cccc1Cl)Cn1ccnc1.O=[N+]([O-])O. The highest BCUT2D eigenvalue weighted by molar-refractivity contribution is 6.36. The molecule has 0 aliphatic rings. The van der Waals surface area contributed by atoms with E-state index in [9.17, 15) is 0 Å². The summed E-state index contributed by atoms with van der Waals surface area (Å²) in [6.07, 6.45) is 6.43. The normalized spacial score (nSPS) is 11.4. The third-order valence-corrected chi connectivity index (χ3v) is 4.84. The second-order valence-electron chi connectivity index (χ2n) is 5.96. The molecule has 3 rings (SSSR count). The third-order valence-electron chi connectivity index (χ3n) is 4.13. The topological polar surface area (TPSA) is 81.2 Å². The first-order valence-electron chi connectivity index (χ1n) is 8.16. The molecule has 0 saturated heterocycles. The fourth-order valence-electron chi connectivity index (χ4n) is 2.94. The first kappa shape index (κ1) is 20.7. The van der Waals surface area contributed by atoms with E-state index in [2.05, 4.69) is 40.7 Å². The van der Waals surface area contributed by atoms with Crippen LogP contribution in [0.2, 0.25) is 10.0 Å². The summed E-state index contributed by atoms with van der Waals surface area (Å²) < 4.78 is 2.10. The van der Waals surface area contributed by atoms with Crippen molar-refractivity contribution in [2.75, 3.05) is 0 Å². The van der Waals surface area contributed by atoms with Gasteiger partial charge in [-0.2, -0.15) is 0 Å². The predicted molar refractivity (Wildman–Crippen MR) is 105 cm³/mol. The number of halogens is 2. The minimum Gasteiger partial charge on any atom is -0.337 e. The number of aromatic nitrogens is 2. The Bertz CT molecular complexity index is 861. The summed E-state index contributed by atoms with van der Waals surface area (Å²) in [5.41, 5.74) is 3.60. The second-order valence-corrected chi connectivity index (χ2v) is 6.77. The summed E-state index contributed by atoms with van der Waals surface area (Å²) in [4.78, 5) is 12.5. The Morgan fingerprint density at radius 2 is 1.81 bits per heavy atom. The first-order valence-corrected chi connectivity index (χ1v) is 8.91. The van der Waals surface area contributed by atoms with E-state index in [1.807, 2.05) is 30.7 Å². The molecule has 0 aliphatic carbocycles. The number of aryl methyl sites for hydroxylation is 1. The Labute approximate surface area is 167 Å². The molecule has 1 aromatic heterocycles. The van der Waals surface area contributed by atoms with Crippen molar-refractivity contribution >= 4 is 23.2 Å². The van der Waals surface area contributed by atoms with Crippen molar-refractivity contribution in [3.05, 3.63) is 98.0 Å². The van der Waals surface area contributed by atoms with Gasteiger partial charge in [0.15, 0.2) is 0 Å². The van der Waals surface area contributed by atoms with Crippen molar-refractivity contribution in [2.24, 2.45) is 0 Å². The number of nitrogens with zero attached hydrogens (tertiary/aromatic N) is 3. The minimum absolute atomic E-state index is 0.280. The van der Waals surface area contributed by atoms with Gasteiger partial charge in [0.2, 0.25) is 0 Å². The maximum absolute atomic E-state index is 8.36. The zero-order chi connectivity index (χ0) is 19.8. The predicted octanol–water partition coefficient (Wildman–Crippen LogP) is 5.18. The van der Waals surface area contributed by atoms with Gasteiger partial charge in [-0.3, -0.25) is 0 Å². The number of imidazole rings is 1. The van der Waals surface area contributed by atoms with Crippen molar-refractivity contribution < 1.29 is 10.3 Å². The zero-order valence-corrected chi connectivity index (χ0v) is 16.1. The first-order chi connectivity index (χ1) is 12.9. The Morgan fingerprint density at radius 3 is 2.37 bits per heavy atom. The van der Waals surface area contributed by atoms with Crippen LogP contribution in [0.25, 0.3) is 0 Å². The van der Waals surface area contributed by atoms with Gasteiger partial charge in [-0.15, -0.1) is 10.1 Å². The Kier molecular flexibility index (Phi) is 7.64. The largest absolute Gasteiger partial charge is 0.337 e. The van der Waals surface area contributed by atoms with Crippen LogP contribution < -0.4 is 0 Å². The van der Waals surface area contributed by atoms with Gasteiger partial charge >= 0.3 is 0 Å². The van der Waals surface area contributed by atoms with Crippen LogP contribution in [-0.4, -0.2) is 19.8 Å². The molecule has 0 saturated carbocycles. The highest BCUT2D eigenvalue weighted by Gasteiger charge is 2.18. The smallest absolute Gasteiger partial charge is 0.291 e. The van der Waals surface area contributed by atoms with Gasteiger partial charge in [-0.05, 0) is 42.2 Å². The van der Waals surface area contributed by atoms with Crippen LogP contribution in [0.15, 0.2) is 61.2 Å². The summed E-state index contributed by atoms with van der Waals surface area (Å²) in [7, 11) is 0. The van der Waals surface area contributed by atoms with Gasteiger partial charge in [0, 0.05) is 34.9 Å². The van der Waals surface area contributed by atoms with Crippen LogP contribution in [0.3, 0.4) is 0 Å². The van der Waals surface area contributed by atoms with Crippen LogP contribution in [0.4, 0.5) is 0 Å². The molecular formula is C19H19Cl2N3O3. The molecule has 3 aromatic rings. The molecule has 1 unspecified atom stereocenters. The minimum atomic E-state index is -1.50. The summed E-state index contributed by atoms with van der Waals surface area (Å²) in [6, 6.07) is 14.1. The standard InChI is InChI=1S/C19H18Cl2N2.HNO3/c1-14-5-2-3-6-16(14)15(12-23-10-9-22-13-23)11-17-18(20)7-4-8-19(17)21;2-1(3)4/h2-10,13,15H,11-12H2,1H3;(H,2,3,4). The third kappa shape index (κ3) is 6.27. The Morgan fingerprint density at radius 1 is 1.19 bits per heavy atom. The van der Waals surface area contributed by atoms with Crippen molar-refractivity contribution in [3.63, 3.8) is 0 Å². The lowest BCUT2D eigenvalue weighted by molar-refractivity contribution is -0.742. The summed E-state index contributed by atoms with van der Waals surface area (Å²) in [6.45, 7) is 2.98. The molecule has 0 fully saturated rings. The number of hydrogen-bond donors (Lipinski definition) is 1. The van der Waals surface area contributed by atoms with Crippen molar-refractivity contribution in [1.29, 1.82) is 0 Å². The Hall–Kier alpha value is -2.57. The van der Waals surface area contributed by atoms with E-state index in [1.54, 1.807) is 6.20 Å². The average molecular weight is 408 g/mol. The van der Waals surface area contributed by atoms with Crippen LogP contribution in [-0.2, 0) is 13.0 Å². The van der Waals surface area contributed by atoms with Crippen molar-refractivity contribution in [3.8, 4) is 0 Å². The fourth-order valence-corrected chi connectivity index (χ4v) is 3.49. The average Bonchev–Trinajstić information content (AvgIpc) is 3.10. The molecule has 0 spiro atoms. The van der Waals surface area contributed by atoms with E-state index in [0.717, 1.165) is 28.6 Å². The van der Waals surface area contributed by atoms with Crippen LogP contribution in [0.1, 0.15) is 22.6 Å². The molecule has 1 heterocycles. The summed E-state index contributed by atoms with van der Waals surface area (Å²) >= 11 is 12.8. The van der Waals surface area contributed by atoms with Gasteiger partial charge in [0.05, 0.1) is 6.33 Å². The molecule has 1 atom stereocenters. The van der Waals surface area contributed by atoms with E-state index in [1.165, 1.54) is 11.1 Å². The summed E-state index contributed by atoms with van der Waals surface area (Å²) in [5, 5.41) is 15.1. The highest BCUT2D eigenvalue weighted by Crippen LogP contribution is 2.32. The molecular weight excluding hydrogens is 389 g/mol. The lowest BCUT2D eigenvalue weighted by Crippen LogP contribution is -2.13. The number of benzene rings is 2. The molecule has 0 aliphatic heterocycles. The number of rotatable bonds is 5. The zero-order valence-electron chi connectivity index (χ0n) is 14.6. The van der Waals surface area contributed by atoms with Gasteiger partial charge in [-0.1, -0.05) is 53.5 Å². The van der Waals surface area contributed by atoms with Crippen molar-refractivity contribution in [1.82, 2.24) is 9.55 Å². The highest BCUT2D eigenvalue weighted by atomic mass is 35.5. The van der Waals surface area contributed by atoms with E-state index >= 15 is 0 Å². The Balaban J connectivity index is 0.000000596. The molecule has 0 bridgehead atoms. The molecule has 2 aromatic carbocycles. The van der Waals surface area contributed by atoms with Gasteiger partial charge in [0.25, 0.3) is 5.09 Å². The van der Waals surface area contributed by atoms with E-state index in [-0.39, 0.29) is 5.92 Å². The molecule has 1 N–H and O–H groups in total. The van der Waals surface area contributed by atoms with Crippen LogP contribution >= 0.6 is 23.2 Å². The molecule has 142 valence electrons. The van der Waals surface area contributed by atoms with Gasteiger partial charge < -0.3 is 9.77 Å². The van der Waals surface area contributed by atoms with E-state index < -0.39 is 5.09 Å². The number of hydrogen-bond acceptors (Lipinski definition) is 3. The molecule has 6 nitrogen and oxygen atoms in total. The van der Waals surface area contributed by atoms with E-state index in [4.69, 9.17) is 38.5 Å². The quantitative estimate of drug-likeness (QED) is 0.466. The molecule has 27 heavy (non-hydrogen) atoms. The molecule has 0 amide bonds. The maximum atomic E-state index is 8.36. The van der Waals surface area contributed by atoms with E-state index in [0.29, 0.717) is 0 Å². The van der Waals surface area contributed by atoms with Gasteiger partial charge in [0.1, 0.15) is 0 Å². The summed E-state index contributed by atoms with van der Waals surface area (Å²) in [5.74, 6) is 0.280. The lowest BCUT2D eigenvalue weighted by Gasteiger charge is -2.21. The maximum Gasteiger partial charge on any atom is 0.291 e. The van der Waals surface area contributed by atoms with Gasteiger partial charge in [-0.25, -0.2) is 4.98 Å². The lowest BCUT2D eigenvalue weighted by atomic mass is 9.89. The second kappa shape index (κ2) is 9.94. The fraction of sp³-hybridized carbons (Fsp3) is 0.211. The molecule has 8 heteroatoms. The molecule has 0 radical (unpaired) electrons. The van der Waals surface area contributed by atoms with Crippen molar-refractivity contribution in [2.45, 2.75) is 25.8 Å². The monoisotopic (exact) mass is 407 g/mol. The van der Waals surface area contributed by atoms with Crippen LogP contribution in [0.5, 0.6) is 0 Å².